The fraction of sp³-hybridized carbons (Fsp3) is 0.0714. The smallest absolute Gasteiger partial charge is 0.141 e. The van der Waals surface area contributed by atoms with Crippen LogP contribution in [-0.2, 0) is 0 Å². The van der Waals surface area contributed by atoms with Crippen LogP contribution in [0.4, 0.5) is 0 Å². The SMILES string of the molecule is Cc1cc(C(=N)N)ccc1Oc1ccc(Cl)cc1Br. The van der Waals surface area contributed by atoms with E-state index in [0.717, 1.165) is 10.0 Å². The molecule has 0 heterocycles. The summed E-state index contributed by atoms with van der Waals surface area (Å²) in [5.74, 6) is 1.44. The molecule has 0 fully saturated rings. The van der Waals surface area contributed by atoms with Crippen molar-refractivity contribution in [3.63, 3.8) is 0 Å². The number of rotatable bonds is 3. The molecule has 0 aliphatic heterocycles. The summed E-state index contributed by atoms with van der Waals surface area (Å²) in [5, 5.41) is 8.04. The lowest BCUT2D eigenvalue weighted by Crippen LogP contribution is -2.11. The molecule has 3 N–H and O–H groups in total. The van der Waals surface area contributed by atoms with E-state index < -0.39 is 0 Å². The molecule has 0 saturated carbocycles. The van der Waals surface area contributed by atoms with Gasteiger partial charge >= 0.3 is 0 Å². The number of nitrogens with two attached hydrogens (primary N) is 1. The van der Waals surface area contributed by atoms with Gasteiger partial charge in [0.25, 0.3) is 0 Å². The number of ether oxygens (including phenoxy) is 1. The highest BCUT2D eigenvalue weighted by atomic mass is 79.9. The Balaban J connectivity index is 2.31. The predicted octanol–water partition coefficient (Wildman–Crippen LogP) is 4.49. The summed E-state index contributed by atoms with van der Waals surface area (Å²) in [4.78, 5) is 0. The zero-order valence-corrected chi connectivity index (χ0v) is 12.5. The minimum absolute atomic E-state index is 0.0438. The average Bonchev–Trinajstić information content (AvgIpc) is 2.34. The molecule has 2 rings (SSSR count). The fourth-order valence-electron chi connectivity index (χ4n) is 1.61. The van der Waals surface area contributed by atoms with Crippen LogP contribution in [0.3, 0.4) is 0 Å². The van der Waals surface area contributed by atoms with Crippen molar-refractivity contribution in [2.24, 2.45) is 5.73 Å². The number of nitrogens with one attached hydrogen (secondary N) is 1. The quantitative estimate of drug-likeness (QED) is 0.639. The Kier molecular flexibility index (Phi) is 4.12. The van der Waals surface area contributed by atoms with Crippen molar-refractivity contribution in [2.45, 2.75) is 6.92 Å². The van der Waals surface area contributed by atoms with E-state index in [1.54, 1.807) is 30.3 Å². The third kappa shape index (κ3) is 3.28. The molecule has 0 amide bonds. The molecule has 5 heteroatoms. The van der Waals surface area contributed by atoms with E-state index in [-0.39, 0.29) is 5.84 Å². The monoisotopic (exact) mass is 338 g/mol. The van der Waals surface area contributed by atoms with Crippen molar-refractivity contribution < 1.29 is 4.74 Å². The maximum Gasteiger partial charge on any atom is 0.141 e. The number of aryl methyl sites for hydroxylation is 1. The topological polar surface area (TPSA) is 59.1 Å². The second kappa shape index (κ2) is 5.63. The molecule has 0 spiro atoms. The van der Waals surface area contributed by atoms with Crippen LogP contribution in [0.5, 0.6) is 11.5 Å². The molecule has 0 unspecified atom stereocenters. The Morgan fingerprint density at radius 2 is 1.89 bits per heavy atom. The Morgan fingerprint density at radius 1 is 1.21 bits per heavy atom. The molecular weight excluding hydrogens is 328 g/mol. The van der Waals surface area contributed by atoms with Crippen LogP contribution in [0, 0.1) is 12.3 Å². The van der Waals surface area contributed by atoms with E-state index in [9.17, 15) is 0 Å². The Labute approximate surface area is 125 Å². The maximum absolute atomic E-state index is 7.40. The first kappa shape index (κ1) is 13.9. The molecule has 0 radical (unpaired) electrons. The first-order valence-corrected chi connectivity index (χ1v) is 6.72. The summed E-state index contributed by atoms with van der Waals surface area (Å²) in [6.07, 6.45) is 0. The minimum atomic E-state index is 0.0438. The largest absolute Gasteiger partial charge is 0.456 e. The molecule has 19 heavy (non-hydrogen) atoms. The van der Waals surface area contributed by atoms with Gasteiger partial charge in [0.1, 0.15) is 17.3 Å². The molecule has 0 aliphatic carbocycles. The number of hydrogen-bond acceptors (Lipinski definition) is 2. The van der Waals surface area contributed by atoms with Crippen LogP contribution in [0.1, 0.15) is 11.1 Å². The number of benzene rings is 2. The van der Waals surface area contributed by atoms with E-state index in [1.165, 1.54) is 0 Å². The van der Waals surface area contributed by atoms with Crippen LogP contribution in [0.15, 0.2) is 40.9 Å². The first-order chi connectivity index (χ1) is 8.97. The van der Waals surface area contributed by atoms with E-state index in [1.807, 2.05) is 13.0 Å². The molecule has 0 bridgehead atoms. The van der Waals surface area contributed by atoms with Crippen molar-refractivity contribution in [1.29, 1.82) is 5.41 Å². The van der Waals surface area contributed by atoms with E-state index in [4.69, 9.17) is 27.5 Å². The third-order valence-electron chi connectivity index (χ3n) is 2.60. The van der Waals surface area contributed by atoms with E-state index in [2.05, 4.69) is 15.9 Å². The summed E-state index contributed by atoms with van der Waals surface area (Å²) in [6.45, 7) is 1.91. The lowest BCUT2D eigenvalue weighted by molar-refractivity contribution is 0.476. The Bertz CT molecular complexity index is 643. The Hall–Kier alpha value is -1.52. The van der Waals surface area contributed by atoms with Gasteiger partial charge in [-0.1, -0.05) is 11.6 Å². The summed E-state index contributed by atoms with van der Waals surface area (Å²) in [6, 6.07) is 10.7. The van der Waals surface area contributed by atoms with Crippen LogP contribution in [0.2, 0.25) is 5.02 Å². The van der Waals surface area contributed by atoms with Gasteiger partial charge in [-0.25, -0.2) is 0 Å². The molecule has 98 valence electrons. The third-order valence-corrected chi connectivity index (χ3v) is 3.45. The number of nitrogen functional groups attached to an aromatic ring is 1. The number of halogens is 2. The number of hydrogen-bond donors (Lipinski definition) is 2. The predicted molar refractivity (Wildman–Crippen MR) is 81.4 cm³/mol. The summed E-state index contributed by atoms with van der Waals surface area (Å²) in [7, 11) is 0. The van der Waals surface area contributed by atoms with Gasteiger partial charge in [-0.15, -0.1) is 0 Å². The highest BCUT2D eigenvalue weighted by Gasteiger charge is 2.07. The molecule has 3 nitrogen and oxygen atoms in total. The van der Waals surface area contributed by atoms with Crippen LogP contribution in [-0.4, -0.2) is 5.84 Å². The molecule has 2 aromatic carbocycles. The normalized spacial score (nSPS) is 10.3. The van der Waals surface area contributed by atoms with Gasteiger partial charge in [0.05, 0.1) is 4.47 Å². The van der Waals surface area contributed by atoms with Gasteiger partial charge in [0.15, 0.2) is 0 Å². The molecule has 0 atom stereocenters. The zero-order chi connectivity index (χ0) is 14.0. The van der Waals surface area contributed by atoms with Crippen molar-refractivity contribution in [1.82, 2.24) is 0 Å². The van der Waals surface area contributed by atoms with Crippen molar-refractivity contribution >= 4 is 33.4 Å². The van der Waals surface area contributed by atoms with Crippen molar-refractivity contribution in [3.8, 4) is 11.5 Å². The Morgan fingerprint density at radius 3 is 2.47 bits per heavy atom. The van der Waals surface area contributed by atoms with Crippen LogP contribution in [0.25, 0.3) is 0 Å². The summed E-state index contributed by atoms with van der Waals surface area (Å²) >= 11 is 9.29. The maximum atomic E-state index is 7.40. The first-order valence-electron chi connectivity index (χ1n) is 5.55. The minimum Gasteiger partial charge on any atom is -0.456 e. The van der Waals surface area contributed by atoms with Gasteiger partial charge in [-0.05, 0) is 64.8 Å². The molecule has 0 aromatic heterocycles. The van der Waals surface area contributed by atoms with Gasteiger partial charge in [0, 0.05) is 10.6 Å². The second-order valence-electron chi connectivity index (χ2n) is 4.07. The highest BCUT2D eigenvalue weighted by Crippen LogP contribution is 2.33. The van der Waals surface area contributed by atoms with Crippen LogP contribution < -0.4 is 10.5 Å². The van der Waals surface area contributed by atoms with Gasteiger partial charge in [-0.3, -0.25) is 5.41 Å². The zero-order valence-electron chi connectivity index (χ0n) is 10.2. The standard InChI is InChI=1S/C14H12BrClN2O/c1-8-6-9(14(17)18)2-4-12(8)19-13-5-3-10(16)7-11(13)15/h2-7H,1H3,(H3,17,18). The number of amidine groups is 1. The van der Waals surface area contributed by atoms with Gasteiger partial charge in [-0.2, -0.15) is 0 Å². The average molecular weight is 340 g/mol. The van der Waals surface area contributed by atoms with Crippen molar-refractivity contribution in [2.75, 3.05) is 0 Å². The van der Waals surface area contributed by atoms with Crippen molar-refractivity contribution in [3.05, 3.63) is 57.0 Å². The van der Waals surface area contributed by atoms with E-state index in [0.29, 0.717) is 22.1 Å². The summed E-state index contributed by atoms with van der Waals surface area (Å²) < 4.78 is 6.60. The molecule has 0 aliphatic rings. The fourth-order valence-corrected chi connectivity index (χ4v) is 2.37. The molecule has 0 saturated heterocycles. The van der Waals surface area contributed by atoms with Gasteiger partial charge in [0.2, 0.25) is 0 Å². The van der Waals surface area contributed by atoms with E-state index >= 15 is 0 Å². The lowest BCUT2D eigenvalue weighted by atomic mass is 10.1. The van der Waals surface area contributed by atoms with Crippen LogP contribution >= 0.6 is 27.5 Å². The second-order valence-corrected chi connectivity index (χ2v) is 5.36. The molecular formula is C14H12BrClN2O. The van der Waals surface area contributed by atoms with Gasteiger partial charge < -0.3 is 10.5 Å². The highest BCUT2D eigenvalue weighted by molar-refractivity contribution is 9.10. The lowest BCUT2D eigenvalue weighted by Gasteiger charge is -2.11. The molecule has 2 aromatic rings. The summed E-state index contributed by atoms with van der Waals surface area (Å²) in [5.41, 5.74) is 7.04.